The molecule has 0 aliphatic carbocycles. The van der Waals surface area contributed by atoms with Crippen molar-refractivity contribution in [1.29, 1.82) is 0 Å². The number of ether oxygens (including phenoxy) is 2. The Morgan fingerprint density at radius 3 is 2.17 bits per heavy atom. The molecule has 0 saturated carbocycles. The molecule has 3 aromatic carbocycles. The third kappa shape index (κ3) is 5.89. The summed E-state index contributed by atoms with van der Waals surface area (Å²) in [6, 6.07) is 19.7. The molecule has 0 bridgehead atoms. The normalized spacial score (nSPS) is 10.9. The summed E-state index contributed by atoms with van der Waals surface area (Å²) in [4.78, 5) is 0. The quantitative estimate of drug-likeness (QED) is 0.529. The van der Waals surface area contributed by atoms with Crippen LogP contribution in [0.5, 0.6) is 11.5 Å². The van der Waals surface area contributed by atoms with Gasteiger partial charge in [0.05, 0.1) is 5.56 Å². The van der Waals surface area contributed by atoms with Crippen LogP contribution >= 0.6 is 12.4 Å². The second-order valence-corrected chi connectivity index (χ2v) is 6.12. The highest BCUT2D eigenvalue weighted by molar-refractivity contribution is 5.85. The third-order valence-corrected chi connectivity index (χ3v) is 4.10. The van der Waals surface area contributed by atoms with E-state index in [4.69, 9.17) is 15.2 Å². The Kier molecular flexibility index (Phi) is 7.93. The third-order valence-electron chi connectivity index (χ3n) is 4.10. The molecule has 29 heavy (non-hydrogen) atoms. The van der Waals surface area contributed by atoms with E-state index in [1.54, 1.807) is 24.3 Å². The van der Waals surface area contributed by atoms with Gasteiger partial charge in [-0.1, -0.05) is 54.6 Å². The zero-order chi connectivity index (χ0) is 20.0. The van der Waals surface area contributed by atoms with Crippen molar-refractivity contribution >= 4 is 12.4 Å². The molecule has 154 valence electrons. The van der Waals surface area contributed by atoms with Gasteiger partial charge in [0.2, 0.25) is 0 Å². The van der Waals surface area contributed by atoms with Gasteiger partial charge in [0.1, 0.15) is 13.2 Å². The summed E-state index contributed by atoms with van der Waals surface area (Å²) in [7, 11) is 0. The second-order valence-electron chi connectivity index (χ2n) is 6.12. The zero-order valence-corrected chi connectivity index (χ0v) is 16.3. The van der Waals surface area contributed by atoms with E-state index < -0.39 is 11.7 Å². The monoisotopic (exact) mass is 423 g/mol. The van der Waals surface area contributed by atoms with E-state index in [1.807, 2.05) is 30.3 Å². The molecule has 0 amide bonds. The number of nitrogens with two attached hydrogens (primary N) is 1. The van der Waals surface area contributed by atoms with Crippen LogP contribution in [0, 0.1) is 0 Å². The van der Waals surface area contributed by atoms with Crippen LogP contribution in [-0.2, 0) is 12.8 Å². The summed E-state index contributed by atoms with van der Waals surface area (Å²) in [6.45, 7) is 0.862. The Morgan fingerprint density at radius 2 is 1.48 bits per heavy atom. The lowest BCUT2D eigenvalue weighted by Crippen LogP contribution is -2.11. The first-order chi connectivity index (χ1) is 13.5. The minimum Gasteiger partial charge on any atom is -0.488 e. The van der Waals surface area contributed by atoms with Crippen LogP contribution in [0.25, 0.3) is 11.1 Å². The molecule has 0 spiro atoms. The molecular formula is C22H21ClF3NO2. The van der Waals surface area contributed by atoms with E-state index in [0.717, 1.165) is 11.6 Å². The fourth-order valence-corrected chi connectivity index (χ4v) is 2.79. The van der Waals surface area contributed by atoms with Crippen LogP contribution in [0.1, 0.15) is 11.1 Å². The van der Waals surface area contributed by atoms with Gasteiger partial charge in [-0.25, -0.2) is 0 Å². The van der Waals surface area contributed by atoms with Crippen molar-refractivity contribution in [1.82, 2.24) is 0 Å². The van der Waals surface area contributed by atoms with Crippen LogP contribution in [0.15, 0.2) is 72.8 Å². The van der Waals surface area contributed by atoms with Gasteiger partial charge in [0.15, 0.2) is 11.5 Å². The fraction of sp³-hybridized carbons (Fsp3) is 0.182. The maximum Gasteiger partial charge on any atom is 0.417 e. The summed E-state index contributed by atoms with van der Waals surface area (Å²) < 4.78 is 51.6. The van der Waals surface area contributed by atoms with Crippen molar-refractivity contribution in [2.45, 2.75) is 12.8 Å². The highest BCUT2D eigenvalue weighted by Gasteiger charge is 2.33. The highest BCUT2D eigenvalue weighted by atomic mass is 35.5. The summed E-state index contributed by atoms with van der Waals surface area (Å²) >= 11 is 0. The van der Waals surface area contributed by atoms with Crippen molar-refractivity contribution in [3.63, 3.8) is 0 Å². The topological polar surface area (TPSA) is 44.5 Å². The molecule has 0 fully saturated rings. The number of benzene rings is 3. The molecule has 2 N–H and O–H groups in total. The van der Waals surface area contributed by atoms with Gasteiger partial charge in [-0.15, -0.1) is 12.4 Å². The number of hydrogen-bond donors (Lipinski definition) is 1. The maximum atomic E-state index is 13.4. The first-order valence-electron chi connectivity index (χ1n) is 8.79. The Bertz CT molecular complexity index is 917. The number of rotatable bonds is 7. The van der Waals surface area contributed by atoms with Gasteiger partial charge in [0, 0.05) is 6.54 Å². The van der Waals surface area contributed by atoms with Crippen LogP contribution in [0.4, 0.5) is 13.2 Å². The average Bonchev–Trinajstić information content (AvgIpc) is 2.71. The first kappa shape index (κ1) is 22.6. The van der Waals surface area contributed by atoms with E-state index in [-0.39, 0.29) is 31.2 Å². The summed E-state index contributed by atoms with van der Waals surface area (Å²) in [5.74, 6) is 0.807. The van der Waals surface area contributed by atoms with Crippen LogP contribution in [-0.4, -0.2) is 13.2 Å². The predicted octanol–water partition coefficient (Wildman–Crippen LogP) is 5.71. The number of hydrogen-bond acceptors (Lipinski definition) is 3. The van der Waals surface area contributed by atoms with Crippen molar-refractivity contribution in [2.24, 2.45) is 5.73 Å². The molecule has 0 aliphatic rings. The smallest absolute Gasteiger partial charge is 0.417 e. The molecule has 3 rings (SSSR count). The summed E-state index contributed by atoms with van der Waals surface area (Å²) in [6.07, 6.45) is -4.45. The number of alkyl halides is 3. The van der Waals surface area contributed by atoms with Crippen molar-refractivity contribution in [2.75, 3.05) is 13.2 Å². The zero-order valence-electron chi connectivity index (χ0n) is 15.5. The molecule has 0 atom stereocenters. The Balaban J connectivity index is 0.00000300. The second kappa shape index (κ2) is 10.2. The van der Waals surface area contributed by atoms with Gasteiger partial charge in [-0.2, -0.15) is 13.2 Å². The Hall–Kier alpha value is -2.70. The Morgan fingerprint density at radius 1 is 0.793 bits per heavy atom. The Labute approximate surface area is 173 Å². The van der Waals surface area contributed by atoms with Crippen LogP contribution in [0.2, 0.25) is 0 Å². The minimum absolute atomic E-state index is 0. The average molecular weight is 424 g/mol. The molecule has 3 nitrogen and oxygen atoms in total. The molecule has 0 radical (unpaired) electrons. The fourth-order valence-electron chi connectivity index (χ4n) is 2.79. The van der Waals surface area contributed by atoms with E-state index >= 15 is 0 Å². The van der Waals surface area contributed by atoms with E-state index in [0.29, 0.717) is 23.6 Å². The van der Waals surface area contributed by atoms with Crippen LogP contribution < -0.4 is 15.2 Å². The van der Waals surface area contributed by atoms with Crippen molar-refractivity contribution < 1.29 is 22.6 Å². The number of halogens is 4. The minimum atomic E-state index is -4.45. The van der Waals surface area contributed by atoms with Gasteiger partial charge < -0.3 is 15.2 Å². The lowest BCUT2D eigenvalue weighted by Gasteiger charge is -2.16. The molecule has 0 aromatic heterocycles. The van der Waals surface area contributed by atoms with Gasteiger partial charge >= 0.3 is 6.18 Å². The van der Waals surface area contributed by atoms with Crippen molar-refractivity contribution in [3.05, 3.63) is 83.9 Å². The molecule has 0 heterocycles. The molecule has 7 heteroatoms. The van der Waals surface area contributed by atoms with E-state index in [2.05, 4.69) is 0 Å². The van der Waals surface area contributed by atoms with E-state index in [9.17, 15) is 13.2 Å². The standard InChI is InChI=1S/C22H20F3NO2.ClH/c23-22(24,25)19-9-5-4-8-18(19)17-10-11-20(27-13-12-26)21(14-17)28-15-16-6-2-1-3-7-16;/h1-11,14H,12-13,15,26H2;1H. The predicted molar refractivity (Wildman–Crippen MR) is 109 cm³/mol. The largest absolute Gasteiger partial charge is 0.488 e. The summed E-state index contributed by atoms with van der Waals surface area (Å²) in [5, 5.41) is 0. The van der Waals surface area contributed by atoms with Crippen molar-refractivity contribution in [3.8, 4) is 22.6 Å². The maximum absolute atomic E-state index is 13.4. The molecule has 0 aliphatic heterocycles. The summed E-state index contributed by atoms with van der Waals surface area (Å²) in [5.41, 5.74) is 6.22. The van der Waals surface area contributed by atoms with Gasteiger partial charge in [-0.3, -0.25) is 0 Å². The lowest BCUT2D eigenvalue weighted by molar-refractivity contribution is -0.137. The lowest BCUT2D eigenvalue weighted by atomic mass is 9.99. The highest BCUT2D eigenvalue weighted by Crippen LogP contribution is 2.40. The first-order valence-corrected chi connectivity index (χ1v) is 8.79. The molecule has 0 unspecified atom stereocenters. The SMILES string of the molecule is Cl.NCCOc1ccc(-c2ccccc2C(F)(F)F)cc1OCc1ccccc1. The molecular weight excluding hydrogens is 403 g/mol. The van der Waals surface area contributed by atoms with Gasteiger partial charge in [0.25, 0.3) is 0 Å². The van der Waals surface area contributed by atoms with E-state index in [1.165, 1.54) is 12.1 Å². The van der Waals surface area contributed by atoms with Gasteiger partial charge in [-0.05, 0) is 34.9 Å². The molecule has 0 saturated heterocycles. The van der Waals surface area contributed by atoms with Crippen LogP contribution in [0.3, 0.4) is 0 Å². The molecule has 3 aromatic rings.